The molecule has 12 heteroatoms. The molecule has 3 atom stereocenters. The largest absolute Gasteiger partial charge is 0.492 e. The number of hydrogen-bond acceptors (Lipinski definition) is 7. The smallest absolute Gasteiger partial charge is 0.264 e. The molecule has 0 aliphatic carbocycles. The van der Waals surface area contributed by atoms with Crippen molar-refractivity contribution in [2.45, 2.75) is 85.2 Å². The van der Waals surface area contributed by atoms with Crippen molar-refractivity contribution in [2.75, 3.05) is 37.7 Å². The van der Waals surface area contributed by atoms with Crippen LogP contribution in [0.1, 0.15) is 86.4 Å². The number of rotatable bonds is 11. The van der Waals surface area contributed by atoms with Crippen molar-refractivity contribution in [3.8, 4) is 23.1 Å². The Morgan fingerprint density at radius 3 is 2.19 bits per heavy atom. The van der Waals surface area contributed by atoms with Crippen LogP contribution in [-0.4, -0.2) is 92.6 Å². The van der Waals surface area contributed by atoms with Gasteiger partial charge >= 0.3 is 0 Å². The molecule has 2 unspecified atom stereocenters. The van der Waals surface area contributed by atoms with Crippen molar-refractivity contribution < 1.29 is 23.9 Å². The molecule has 6 aromatic rings. The number of carbonyl (C=O) groups excluding carboxylic acids is 3. The number of hydrogen-bond donors (Lipinski definition) is 0. The zero-order valence-corrected chi connectivity index (χ0v) is 40.3. The quantitative estimate of drug-likeness (QED) is 0.128. The Bertz CT molecular complexity index is 2900. The fourth-order valence-corrected chi connectivity index (χ4v) is 10.3. The van der Waals surface area contributed by atoms with Crippen LogP contribution < -0.4 is 9.64 Å². The molecule has 0 spiro atoms. The highest BCUT2D eigenvalue weighted by molar-refractivity contribution is 6.13. The lowest BCUT2D eigenvalue weighted by Gasteiger charge is -2.36. The Morgan fingerprint density at radius 2 is 1.49 bits per heavy atom. The number of morpholine rings is 1. The Balaban J connectivity index is 1.00. The minimum Gasteiger partial charge on any atom is -0.492 e. The lowest BCUT2D eigenvalue weighted by molar-refractivity contribution is -0.131. The Kier molecular flexibility index (Phi) is 13.1. The molecule has 12 nitrogen and oxygen atoms in total. The molecule has 3 aliphatic rings. The molecule has 0 bridgehead atoms. The average Bonchev–Trinajstić information content (AvgIpc) is 3.79. The molecular formula is C56H61N7O5. The van der Waals surface area contributed by atoms with Crippen LogP contribution in [0.2, 0.25) is 0 Å². The number of nitriles is 1. The van der Waals surface area contributed by atoms with E-state index in [0.717, 1.165) is 76.7 Å². The molecule has 3 amide bonds. The van der Waals surface area contributed by atoms with Gasteiger partial charge in [-0.05, 0) is 124 Å². The van der Waals surface area contributed by atoms with Gasteiger partial charge in [0.15, 0.2) is 0 Å². The van der Waals surface area contributed by atoms with Gasteiger partial charge in [-0.2, -0.15) is 5.26 Å². The molecular weight excluding hydrogens is 851 g/mol. The molecule has 0 saturated carbocycles. The molecule has 350 valence electrons. The van der Waals surface area contributed by atoms with Crippen LogP contribution >= 0.6 is 0 Å². The van der Waals surface area contributed by atoms with Crippen molar-refractivity contribution in [1.82, 2.24) is 23.8 Å². The van der Waals surface area contributed by atoms with Crippen molar-refractivity contribution in [3.63, 3.8) is 0 Å². The van der Waals surface area contributed by atoms with Crippen LogP contribution in [0.25, 0.3) is 11.3 Å². The number of fused-ring (bicyclic) bond motifs is 2. The van der Waals surface area contributed by atoms with E-state index in [9.17, 15) is 10.1 Å². The molecule has 9 rings (SSSR count). The van der Waals surface area contributed by atoms with E-state index < -0.39 is 0 Å². The lowest BCUT2D eigenvalue weighted by atomic mass is 9.89. The van der Waals surface area contributed by atoms with Gasteiger partial charge in [-0.1, -0.05) is 54.6 Å². The third-order valence-corrected chi connectivity index (χ3v) is 14.3. The van der Waals surface area contributed by atoms with Crippen LogP contribution in [0, 0.1) is 25.2 Å². The molecule has 3 aliphatic heterocycles. The summed E-state index contributed by atoms with van der Waals surface area (Å²) in [5, 5.41) is 9.92. The molecule has 1 saturated heterocycles. The van der Waals surface area contributed by atoms with Gasteiger partial charge < -0.3 is 28.4 Å². The molecule has 68 heavy (non-hydrogen) atoms. The van der Waals surface area contributed by atoms with Crippen molar-refractivity contribution >= 4 is 29.1 Å². The van der Waals surface area contributed by atoms with Gasteiger partial charge in [-0.15, -0.1) is 0 Å². The van der Waals surface area contributed by atoms with Gasteiger partial charge in [0.2, 0.25) is 5.91 Å². The molecule has 4 aromatic carbocycles. The number of para-hydroxylation sites is 1. The summed E-state index contributed by atoms with van der Waals surface area (Å²) in [5.74, 6) is 0.468. The van der Waals surface area contributed by atoms with Gasteiger partial charge in [0, 0.05) is 93.3 Å². The minimum atomic E-state index is -0.245. The van der Waals surface area contributed by atoms with Crippen molar-refractivity contribution in [2.24, 2.45) is 14.1 Å². The standard InChI is InChI=1S/C56H61N7O5/c1-36-25-42-13-11-12-14-44(42)35-62(36)55(65)51-28-45-34-61(54(64)26-41-17-19-48(20-18-41)67-24-23-60-32-37(2)68-38(3)33-60)22-21-43(45)27-50(51)53-30-49(39(4)59(53)7)56(66)63(46-15-9-8-10-16-46)52-29-47(31-57)58(6)40(52)5/h8-20,27-30,36-38H,21-26,32-35H2,1-7H3/t36?,37-,38?/m0/s1. The summed E-state index contributed by atoms with van der Waals surface area (Å²) in [6.07, 6.45) is 2.05. The Hall–Kier alpha value is -6.94. The van der Waals surface area contributed by atoms with E-state index >= 15 is 9.59 Å². The maximum Gasteiger partial charge on any atom is 0.264 e. The predicted molar refractivity (Wildman–Crippen MR) is 264 cm³/mol. The first-order chi connectivity index (χ1) is 32.8. The molecule has 5 heterocycles. The normalized spacial score (nSPS) is 18.1. The zero-order chi connectivity index (χ0) is 47.8. The van der Waals surface area contributed by atoms with E-state index in [4.69, 9.17) is 9.47 Å². The second kappa shape index (κ2) is 19.3. The Morgan fingerprint density at radius 1 is 0.779 bits per heavy atom. The van der Waals surface area contributed by atoms with Crippen molar-refractivity contribution in [1.29, 1.82) is 5.26 Å². The number of benzene rings is 4. The number of ether oxygens (including phenoxy) is 2. The number of aromatic nitrogens is 2. The second-order valence-electron chi connectivity index (χ2n) is 18.9. The number of amides is 3. The van der Waals surface area contributed by atoms with E-state index in [1.807, 2.05) is 121 Å². The summed E-state index contributed by atoms with van der Waals surface area (Å²) >= 11 is 0. The molecule has 2 aromatic heterocycles. The highest BCUT2D eigenvalue weighted by Gasteiger charge is 2.34. The third kappa shape index (κ3) is 9.21. The number of carbonyl (C=O) groups is 3. The highest BCUT2D eigenvalue weighted by Crippen LogP contribution is 2.38. The number of nitrogens with zero attached hydrogens (tertiary/aromatic N) is 7. The van der Waals surface area contributed by atoms with Crippen LogP contribution in [0.4, 0.5) is 11.4 Å². The van der Waals surface area contributed by atoms with Gasteiger partial charge in [-0.3, -0.25) is 24.2 Å². The summed E-state index contributed by atoms with van der Waals surface area (Å²) in [6.45, 7) is 14.8. The maximum absolute atomic E-state index is 15.2. The average molecular weight is 912 g/mol. The SMILES string of the molecule is Cc1c(N(C(=O)c2cc(-c3cc4c(cc3C(=O)N3Cc5ccccc5CC3C)CN(C(=O)Cc3ccc(OCCN5CC(C)O[C@@H](C)C5)cc3)CC4)n(C)c2C)c2ccccc2)cc(C#N)n1C. The summed E-state index contributed by atoms with van der Waals surface area (Å²) in [4.78, 5) is 52.1. The third-order valence-electron chi connectivity index (χ3n) is 14.3. The second-order valence-corrected chi connectivity index (χ2v) is 18.9. The lowest BCUT2D eigenvalue weighted by Crippen LogP contribution is -2.46. The summed E-state index contributed by atoms with van der Waals surface area (Å²) in [5.41, 5.74) is 11.1. The summed E-state index contributed by atoms with van der Waals surface area (Å²) < 4.78 is 15.7. The van der Waals surface area contributed by atoms with E-state index in [-0.39, 0.29) is 42.4 Å². The monoisotopic (exact) mass is 911 g/mol. The Labute approximate surface area is 399 Å². The van der Waals surface area contributed by atoms with E-state index in [1.54, 1.807) is 15.5 Å². The van der Waals surface area contributed by atoms with Gasteiger partial charge in [0.05, 0.1) is 29.9 Å². The van der Waals surface area contributed by atoms with Crippen molar-refractivity contribution in [3.05, 3.63) is 159 Å². The first kappa shape index (κ1) is 46.2. The molecule has 0 N–H and O–H groups in total. The number of anilines is 2. The zero-order valence-electron chi connectivity index (χ0n) is 40.3. The van der Waals surface area contributed by atoms with Crippen LogP contribution in [0.5, 0.6) is 5.75 Å². The van der Waals surface area contributed by atoms with Crippen LogP contribution in [0.15, 0.2) is 103 Å². The fourth-order valence-electron chi connectivity index (χ4n) is 10.3. The van der Waals surface area contributed by atoms with E-state index in [2.05, 4.69) is 49.9 Å². The van der Waals surface area contributed by atoms with Gasteiger partial charge in [0.1, 0.15) is 24.1 Å². The maximum atomic E-state index is 15.2. The topological polar surface area (TPSA) is 116 Å². The molecule has 0 radical (unpaired) electrons. The van der Waals surface area contributed by atoms with Crippen LogP contribution in [0.3, 0.4) is 0 Å². The minimum absolute atomic E-state index is 0.0258. The van der Waals surface area contributed by atoms with Gasteiger partial charge in [0.25, 0.3) is 11.8 Å². The summed E-state index contributed by atoms with van der Waals surface area (Å²) in [7, 11) is 3.77. The first-order valence-corrected chi connectivity index (χ1v) is 23.8. The van der Waals surface area contributed by atoms with Crippen LogP contribution in [-0.2, 0) is 56.0 Å². The fraction of sp³-hybridized carbons (Fsp3) is 0.357. The van der Waals surface area contributed by atoms with E-state index in [1.165, 1.54) is 5.56 Å². The predicted octanol–water partition coefficient (Wildman–Crippen LogP) is 8.70. The first-order valence-electron chi connectivity index (χ1n) is 23.8. The molecule has 1 fully saturated rings. The highest BCUT2D eigenvalue weighted by atomic mass is 16.5. The summed E-state index contributed by atoms with van der Waals surface area (Å²) in [6, 6.07) is 35.6. The van der Waals surface area contributed by atoms with Gasteiger partial charge in [-0.25, -0.2) is 0 Å². The van der Waals surface area contributed by atoms with E-state index in [0.29, 0.717) is 60.9 Å².